The Morgan fingerprint density at radius 1 is 1.68 bits per heavy atom. The second kappa shape index (κ2) is 8.24. The molecule has 1 N–H and O–H groups in total. The first-order valence-electron chi connectivity index (χ1n) is 7.78. The zero-order valence-corrected chi connectivity index (χ0v) is 13.7. The Hall–Kier alpha value is -1.47. The summed E-state index contributed by atoms with van der Waals surface area (Å²) in [6.45, 7) is 2.84. The first kappa shape index (κ1) is 16.9. The van der Waals surface area contributed by atoms with Crippen molar-refractivity contribution in [3.8, 4) is 0 Å². The van der Waals surface area contributed by atoms with Crippen LogP contribution in [-0.4, -0.2) is 45.6 Å². The molecule has 1 aliphatic heterocycles. The van der Waals surface area contributed by atoms with Crippen LogP contribution in [0.2, 0.25) is 0 Å². The van der Waals surface area contributed by atoms with Crippen molar-refractivity contribution in [2.45, 2.75) is 45.1 Å². The molecule has 2 rings (SSSR count). The van der Waals surface area contributed by atoms with Gasteiger partial charge in [-0.2, -0.15) is 0 Å². The number of rotatable bonds is 8. The Labute approximate surface area is 134 Å². The molecule has 1 aromatic rings. The molecular weight excluding hydrogens is 302 g/mol. The highest BCUT2D eigenvalue weighted by Crippen LogP contribution is 2.34. The van der Waals surface area contributed by atoms with Gasteiger partial charge in [0, 0.05) is 18.1 Å². The second-order valence-electron chi connectivity index (χ2n) is 5.63. The lowest BCUT2D eigenvalue weighted by molar-refractivity contribution is -0.157. The lowest BCUT2D eigenvalue weighted by Crippen LogP contribution is -2.40. The molecule has 0 saturated carbocycles. The van der Waals surface area contributed by atoms with E-state index in [9.17, 15) is 14.8 Å². The van der Waals surface area contributed by atoms with Crippen LogP contribution in [0.25, 0.3) is 0 Å². The van der Waals surface area contributed by atoms with Gasteiger partial charge in [0.05, 0.1) is 18.5 Å². The monoisotopic (exact) mass is 325 g/mol. The Morgan fingerprint density at radius 2 is 2.50 bits per heavy atom. The van der Waals surface area contributed by atoms with Gasteiger partial charge in [-0.3, -0.25) is 14.8 Å². The number of hydroxylamine groups is 2. The summed E-state index contributed by atoms with van der Waals surface area (Å²) in [5.74, 6) is -0.331. The Morgan fingerprint density at radius 3 is 3.14 bits per heavy atom. The van der Waals surface area contributed by atoms with Crippen LogP contribution < -0.4 is 0 Å². The molecule has 1 fully saturated rings. The molecule has 22 heavy (non-hydrogen) atoms. The maximum Gasteiger partial charge on any atom is 0.233 e. The largest absolute Gasteiger partial charge is 0.333 e. The molecule has 2 heterocycles. The van der Waals surface area contributed by atoms with Crippen molar-refractivity contribution in [2.75, 3.05) is 13.1 Å². The summed E-state index contributed by atoms with van der Waals surface area (Å²) in [4.78, 5) is 29.7. The number of hydrogen-bond donors (Lipinski definition) is 1. The molecule has 0 bridgehead atoms. The van der Waals surface area contributed by atoms with Crippen LogP contribution in [0.4, 0.5) is 0 Å². The number of amides is 2. The van der Waals surface area contributed by atoms with E-state index in [4.69, 9.17) is 0 Å². The van der Waals surface area contributed by atoms with Gasteiger partial charge in [-0.25, -0.2) is 10.0 Å². The van der Waals surface area contributed by atoms with Gasteiger partial charge in [-0.05, 0) is 19.3 Å². The fourth-order valence-electron chi connectivity index (χ4n) is 2.93. The third-order valence-corrected chi connectivity index (χ3v) is 4.93. The fourth-order valence-corrected chi connectivity index (χ4v) is 3.72. The molecule has 1 aliphatic rings. The van der Waals surface area contributed by atoms with Crippen LogP contribution in [0.3, 0.4) is 0 Å². The lowest BCUT2D eigenvalue weighted by Gasteiger charge is -2.28. The predicted octanol–water partition coefficient (Wildman–Crippen LogP) is 2.46. The van der Waals surface area contributed by atoms with Crippen LogP contribution >= 0.6 is 11.3 Å². The van der Waals surface area contributed by atoms with E-state index in [0.717, 1.165) is 37.2 Å². The van der Waals surface area contributed by atoms with Crippen molar-refractivity contribution >= 4 is 23.7 Å². The van der Waals surface area contributed by atoms with Crippen LogP contribution in [0.1, 0.15) is 50.1 Å². The summed E-state index contributed by atoms with van der Waals surface area (Å²) >= 11 is 1.57. The Kier molecular flexibility index (Phi) is 6.33. The third-order valence-electron chi connectivity index (χ3n) is 4.06. The molecule has 0 aliphatic carbocycles. The minimum atomic E-state index is -0.351. The molecule has 7 heteroatoms. The average Bonchev–Trinajstić information content (AvgIpc) is 3.20. The third kappa shape index (κ3) is 4.04. The number of carbonyl (C=O) groups excluding carboxylic acids is 2. The van der Waals surface area contributed by atoms with Gasteiger partial charge in [-0.1, -0.05) is 19.8 Å². The summed E-state index contributed by atoms with van der Waals surface area (Å²) in [6.07, 6.45) is 6.57. The van der Waals surface area contributed by atoms with Crippen molar-refractivity contribution < 1.29 is 14.8 Å². The fraction of sp³-hybridized carbons (Fsp3) is 0.667. The Balaban J connectivity index is 2.08. The molecule has 0 unspecified atom stereocenters. The molecule has 2 atom stereocenters. The van der Waals surface area contributed by atoms with Crippen molar-refractivity contribution in [3.63, 3.8) is 0 Å². The topological polar surface area (TPSA) is 73.7 Å². The second-order valence-corrected chi connectivity index (χ2v) is 6.55. The molecule has 1 aromatic heterocycles. The highest BCUT2D eigenvalue weighted by molar-refractivity contribution is 7.09. The number of aromatic nitrogens is 1. The first-order chi connectivity index (χ1) is 10.7. The first-order valence-corrected chi connectivity index (χ1v) is 8.66. The van der Waals surface area contributed by atoms with Crippen LogP contribution in [-0.2, 0) is 9.59 Å². The maximum atomic E-state index is 12.9. The Bertz CT molecular complexity index is 480. The zero-order valence-electron chi connectivity index (χ0n) is 12.9. The molecule has 1 saturated heterocycles. The number of unbranched alkanes of at least 4 members (excludes halogenated alkanes) is 1. The van der Waals surface area contributed by atoms with E-state index in [-0.39, 0.29) is 24.4 Å². The van der Waals surface area contributed by atoms with E-state index in [1.54, 1.807) is 17.5 Å². The minimum Gasteiger partial charge on any atom is -0.333 e. The lowest BCUT2D eigenvalue weighted by atomic mass is 10.00. The van der Waals surface area contributed by atoms with Crippen molar-refractivity contribution in [3.05, 3.63) is 16.6 Å². The predicted molar refractivity (Wildman–Crippen MR) is 83.4 cm³/mol. The molecule has 0 spiro atoms. The van der Waals surface area contributed by atoms with Gasteiger partial charge < -0.3 is 4.90 Å². The van der Waals surface area contributed by atoms with E-state index < -0.39 is 0 Å². The molecule has 6 nitrogen and oxygen atoms in total. The average molecular weight is 325 g/mol. The van der Waals surface area contributed by atoms with Gasteiger partial charge in [-0.15, -0.1) is 11.3 Å². The van der Waals surface area contributed by atoms with E-state index in [1.165, 1.54) is 0 Å². The number of thiazole rings is 1. The van der Waals surface area contributed by atoms with Crippen molar-refractivity contribution in [2.24, 2.45) is 5.92 Å². The SMILES string of the molecule is CCCC[C@H](CN(O)C=O)C(=O)N1CCC[C@H]1c1nccs1. The molecule has 0 aromatic carbocycles. The van der Waals surface area contributed by atoms with E-state index in [2.05, 4.69) is 11.9 Å². The van der Waals surface area contributed by atoms with Gasteiger partial charge in [0.2, 0.25) is 12.3 Å². The number of likely N-dealkylation sites (tertiary alicyclic amines) is 1. The molecular formula is C15H23N3O3S. The van der Waals surface area contributed by atoms with E-state index >= 15 is 0 Å². The van der Waals surface area contributed by atoms with Gasteiger partial charge >= 0.3 is 0 Å². The van der Waals surface area contributed by atoms with Crippen molar-refractivity contribution in [1.29, 1.82) is 0 Å². The minimum absolute atomic E-state index is 0.0204. The quantitative estimate of drug-likeness (QED) is 0.453. The summed E-state index contributed by atoms with van der Waals surface area (Å²) in [6, 6.07) is 0.0417. The maximum absolute atomic E-state index is 12.9. The summed E-state index contributed by atoms with van der Waals surface area (Å²) in [5.41, 5.74) is 0. The number of hydrogen-bond acceptors (Lipinski definition) is 5. The van der Waals surface area contributed by atoms with E-state index in [1.807, 2.05) is 10.3 Å². The highest BCUT2D eigenvalue weighted by atomic mass is 32.1. The van der Waals surface area contributed by atoms with Crippen molar-refractivity contribution in [1.82, 2.24) is 14.9 Å². The molecule has 0 radical (unpaired) electrons. The zero-order chi connectivity index (χ0) is 15.9. The number of nitrogens with zero attached hydrogens (tertiary/aromatic N) is 3. The summed E-state index contributed by atoms with van der Waals surface area (Å²) in [5, 5.41) is 12.9. The highest BCUT2D eigenvalue weighted by Gasteiger charge is 2.35. The summed E-state index contributed by atoms with van der Waals surface area (Å²) < 4.78 is 0. The van der Waals surface area contributed by atoms with Crippen LogP contribution in [0.5, 0.6) is 0 Å². The van der Waals surface area contributed by atoms with Crippen LogP contribution in [0.15, 0.2) is 11.6 Å². The molecule has 122 valence electrons. The molecule has 2 amide bonds. The van der Waals surface area contributed by atoms with E-state index in [0.29, 0.717) is 17.9 Å². The van der Waals surface area contributed by atoms with Gasteiger partial charge in [0.25, 0.3) is 0 Å². The number of carbonyl (C=O) groups is 2. The summed E-state index contributed by atoms with van der Waals surface area (Å²) in [7, 11) is 0. The van der Waals surface area contributed by atoms with Gasteiger partial charge in [0.15, 0.2) is 0 Å². The smallest absolute Gasteiger partial charge is 0.233 e. The van der Waals surface area contributed by atoms with Crippen LogP contribution in [0, 0.1) is 5.92 Å². The van der Waals surface area contributed by atoms with Gasteiger partial charge in [0.1, 0.15) is 5.01 Å². The standard InChI is InChI=1S/C15H23N3O3S/c1-2-3-5-12(10-17(21)11-19)15(20)18-8-4-6-13(18)14-16-7-9-22-14/h7,9,11-13,21H,2-6,8,10H2,1H3/t12-,13+/m1/s1. The normalized spacial score (nSPS) is 19.2.